The molecule has 1 aliphatic rings. The normalized spacial score (nSPS) is 20.6. The van der Waals surface area contributed by atoms with Gasteiger partial charge in [-0.1, -0.05) is 0 Å². The predicted octanol–water partition coefficient (Wildman–Crippen LogP) is -0.506. The SMILES string of the molecule is Nc1nc(N)c2ncn([C@H]3COCO3)c2n1. The number of hydrogen-bond donors (Lipinski definition) is 2. The fourth-order valence-corrected chi connectivity index (χ4v) is 1.65. The molecule has 8 nitrogen and oxygen atoms in total. The summed E-state index contributed by atoms with van der Waals surface area (Å²) in [5, 5.41) is 0. The van der Waals surface area contributed by atoms with Crippen LogP contribution in [0.5, 0.6) is 0 Å². The first-order valence-electron chi connectivity index (χ1n) is 4.70. The summed E-state index contributed by atoms with van der Waals surface area (Å²) in [5.74, 6) is 0.380. The smallest absolute Gasteiger partial charge is 0.224 e. The maximum atomic E-state index is 5.69. The maximum absolute atomic E-state index is 5.69. The van der Waals surface area contributed by atoms with Crippen molar-refractivity contribution in [2.45, 2.75) is 6.23 Å². The van der Waals surface area contributed by atoms with Crippen molar-refractivity contribution in [3.05, 3.63) is 6.33 Å². The van der Waals surface area contributed by atoms with E-state index in [1.807, 2.05) is 0 Å². The molecule has 1 aliphatic heterocycles. The number of aromatic nitrogens is 4. The molecule has 0 amide bonds. The first-order valence-corrected chi connectivity index (χ1v) is 4.70. The molecule has 1 fully saturated rings. The van der Waals surface area contributed by atoms with Gasteiger partial charge in [0, 0.05) is 0 Å². The number of hydrogen-bond acceptors (Lipinski definition) is 7. The average Bonchev–Trinajstić information content (AvgIpc) is 2.83. The van der Waals surface area contributed by atoms with Crippen molar-refractivity contribution >= 4 is 22.9 Å². The second-order valence-electron chi connectivity index (χ2n) is 3.40. The molecule has 2 aromatic rings. The van der Waals surface area contributed by atoms with E-state index in [1.54, 1.807) is 10.9 Å². The number of rotatable bonds is 1. The van der Waals surface area contributed by atoms with Gasteiger partial charge in [0.1, 0.15) is 12.3 Å². The Hall–Kier alpha value is -1.93. The average molecular weight is 222 g/mol. The van der Waals surface area contributed by atoms with E-state index < -0.39 is 0 Å². The van der Waals surface area contributed by atoms with Crippen LogP contribution in [0.4, 0.5) is 11.8 Å². The molecule has 2 aromatic heterocycles. The van der Waals surface area contributed by atoms with E-state index in [0.717, 1.165) is 0 Å². The molecule has 1 atom stereocenters. The third-order valence-electron chi connectivity index (χ3n) is 2.38. The lowest BCUT2D eigenvalue weighted by atomic mass is 10.5. The Bertz CT molecular complexity index is 533. The third kappa shape index (κ3) is 1.27. The minimum Gasteiger partial charge on any atom is -0.382 e. The van der Waals surface area contributed by atoms with Gasteiger partial charge in [-0.3, -0.25) is 4.57 Å². The highest BCUT2D eigenvalue weighted by molar-refractivity contribution is 5.82. The van der Waals surface area contributed by atoms with E-state index in [9.17, 15) is 0 Å². The number of fused-ring (bicyclic) bond motifs is 1. The van der Waals surface area contributed by atoms with Gasteiger partial charge in [-0.2, -0.15) is 9.97 Å². The fraction of sp³-hybridized carbons (Fsp3) is 0.375. The molecular formula is C8H10N6O2. The molecule has 0 saturated carbocycles. The van der Waals surface area contributed by atoms with Crippen molar-refractivity contribution in [3.63, 3.8) is 0 Å². The highest BCUT2D eigenvalue weighted by Gasteiger charge is 2.21. The molecule has 0 bridgehead atoms. The largest absolute Gasteiger partial charge is 0.382 e. The monoisotopic (exact) mass is 222 g/mol. The van der Waals surface area contributed by atoms with Crippen molar-refractivity contribution < 1.29 is 9.47 Å². The van der Waals surface area contributed by atoms with E-state index >= 15 is 0 Å². The Morgan fingerprint density at radius 2 is 2.25 bits per heavy atom. The van der Waals surface area contributed by atoms with E-state index in [0.29, 0.717) is 17.8 Å². The molecule has 1 saturated heterocycles. The Morgan fingerprint density at radius 1 is 1.38 bits per heavy atom. The van der Waals surface area contributed by atoms with E-state index in [1.165, 1.54) is 0 Å². The van der Waals surface area contributed by atoms with Crippen LogP contribution in [0.15, 0.2) is 6.33 Å². The van der Waals surface area contributed by atoms with Gasteiger partial charge >= 0.3 is 0 Å². The van der Waals surface area contributed by atoms with Crippen LogP contribution < -0.4 is 11.5 Å². The van der Waals surface area contributed by atoms with Gasteiger partial charge in [-0.15, -0.1) is 0 Å². The van der Waals surface area contributed by atoms with Gasteiger partial charge in [0.25, 0.3) is 0 Å². The number of ether oxygens (including phenoxy) is 2. The Balaban J connectivity index is 2.18. The van der Waals surface area contributed by atoms with Gasteiger partial charge in [-0.25, -0.2) is 4.98 Å². The van der Waals surface area contributed by atoms with Crippen LogP contribution >= 0.6 is 0 Å². The lowest BCUT2D eigenvalue weighted by Gasteiger charge is -2.09. The first kappa shape index (κ1) is 9.31. The number of nitrogens with two attached hydrogens (primary N) is 2. The van der Waals surface area contributed by atoms with Crippen LogP contribution in [-0.4, -0.2) is 32.9 Å². The van der Waals surface area contributed by atoms with Crippen molar-refractivity contribution in [1.29, 1.82) is 0 Å². The quantitative estimate of drug-likeness (QED) is 0.668. The summed E-state index contributed by atoms with van der Waals surface area (Å²) in [6.07, 6.45) is 1.35. The van der Waals surface area contributed by atoms with Gasteiger partial charge in [-0.05, 0) is 0 Å². The zero-order valence-corrected chi connectivity index (χ0v) is 8.33. The summed E-state index contributed by atoms with van der Waals surface area (Å²) >= 11 is 0. The molecule has 0 spiro atoms. The maximum Gasteiger partial charge on any atom is 0.224 e. The number of imidazole rings is 1. The van der Waals surface area contributed by atoms with Crippen LogP contribution in [0.25, 0.3) is 11.2 Å². The van der Waals surface area contributed by atoms with Crippen LogP contribution in [-0.2, 0) is 9.47 Å². The third-order valence-corrected chi connectivity index (χ3v) is 2.38. The zero-order chi connectivity index (χ0) is 11.1. The van der Waals surface area contributed by atoms with Crippen molar-refractivity contribution in [3.8, 4) is 0 Å². The number of nitrogens with zero attached hydrogens (tertiary/aromatic N) is 4. The van der Waals surface area contributed by atoms with Crippen LogP contribution in [0.1, 0.15) is 6.23 Å². The van der Waals surface area contributed by atoms with Crippen molar-refractivity contribution in [2.75, 3.05) is 24.9 Å². The minimum atomic E-state index is -0.237. The molecule has 84 valence electrons. The summed E-state index contributed by atoms with van der Waals surface area (Å²) in [4.78, 5) is 12.1. The van der Waals surface area contributed by atoms with Gasteiger partial charge < -0.3 is 20.9 Å². The van der Waals surface area contributed by atoms with Crippen molar-refractivity contribution in [1.82, 2.24) is 19.5 Å². The Kier molecular flexibility index (Phi) is 1.91. The van der Waals surface area contributed by atoms with Gasteiger partial charge in [0.2, 0.25) is 5.95 Å². The molecule has 16 heavy (non-hydrogen) atoms. The molecule has 0 aliphatic carbocycles. The first-order chi connectivity index (χ1) is 7.75. The molecule has 4 N–H and O–H groups in total. The van der Waals surface area contributed by atoms with E-state index in [2.05, 4.69) is 15.0 Å². The summed E-state index contributed by atoms with van der Waals surface area (Å²) in [5.41, 5.74) is 12.3. The highest BCUT2D eigenvalue weighted by Crippen LogP contribution is 2.23. The summed E-state index contributed by atoms with van der Waals surface area (Å²) in [7, 11) is 0. The van der Waals surface area contributed by atoms with Gasteiger partial charge in [0.15, 0.2) is 17.7 Å². The molecule has 0 unspecified atom stereocenters. The van der Waals surface area contributed by atoms with Crippen molar-refractivity contribution in [2.24, 2.45) is 0 Å². The molecular weight excluding hydrogens is 212 g/mol. The summed E-state index contributed by atoms with van der Waals surface area (Å²) in [6.45, 7) is 0.718. The fourth-order valence-electron chi connectivity index (χ4n) is 1.65. The molecule has 0 aromatic carbocycles. The molecule has 8 heteroatoms. The number of anilines is 2. The lowest BCUT2D eigenvalue weighted by Crippen LogP contribution is -2.11. The summed E-state index contributed by atoms with van der Waals surface area (Å²) in [6, 6.07) is 0. The van der Waals surface area contributed by atoms with Crippen LogP contribution in [0.3, 0.4) is 0 Å². The van der Waals surface area contributed by atoms with Crippen LogP contribution in [0.2, 0.25) is 0 Å². The predicted molar refractivity (Wildman–Crippen MR) is 55.1 cm³/mol. The second-order valence-corrected chi connectivity index (χ2v) is 3.40. The molecule has 3 heterocycles. The topological polar surface area (TPSA) is 114 Å². The lowest BCUT2D eigenvalue weighted by molar-refractivity contribution is 0.0248. The Morgan fingerprint density at radius 3 is 3.00 bits per heavy atom. The summed E-state index contributed by atoms with van der Waals surface area (Å²) < 4.78 is 12.2. The minimum absolute atomic E-state index is 0.116. The highest BCUT2D eigenvalue weighted by atomic mass is 16.7. The van der Waals surface area contributed by atoms with E-state index in [4.69, 9.17) is 20.9 Å². The Labute approximate surface area is 90.2 Å². The van der Waals surface area contributed by atoms with Crippen LogP contribution in [0, 0.1) is 0 Å². The molecule has 3 rings (SSSR count). The van der Waals surface area contributed by atoms with Gasteiger partial charge in [0.05, 0.1) is 12.9 Å². The van der Waals surface area contributed by atoms with E-state index in [-0.39, 0.29) is 24.8 Å². The molecule has 0 radical (unpaired) electrons. The second kappa shape index (κ2) is 3.29. The number of nitrogen functional groups attached to an aromatic ring is 2. The zero-order valence-electron chi connectivity index (χ0n) is 8.33. The standard InChI is InChI=1S/C8H10N6O2/c9-6-5-7(13-8(10)12-6)14(2-11-5)4-1-15-3-16-4/h2,4H,1,3H2,(H4,9,10,12,13)/t4-/m1/s1.